The number of anilines is 2. The van der Waals surface area contributed by atoms with Crippen molar-refractivity contribution in [1.29, 1.82) is 0 Å². The van der Waals surface area contributed by atoms with Gasteiger partial charge in [0.05, 0.1) is 0 Å². The molecule has 3 N–H and O–H groups in total. The first-order valence-electron chi connectivity index (χ1n) is 7.08. The smallest absolute Gasteiger partial charge is 0.120 e. The zero-order valence-corrected chi connectivity index (χ0v) is 11.9. The second-order valence-corrected chi connectivity index (χ2v) is 5.00. The maximum absolute atomic E-state index is 9.97. The van der Waals surface area contributed by atoms with E-state index in [1.165, 1.54) is 5.69 Å². The predicted molar refractivity (Wildman–Crippen MR) is 84.9 cm³/mol. The van der Waals surface area contributed by atoms with Gasteiger partial charge in [0.1, 0.15) is 5.75 Å². The van der Waals surface area contributed by atoms with Crippen LogP contribution in [-0.4, -0.2) is 11.7 Å². The third kappa shape index (κ3) is 3.67. The summed E-state index contributed by atoms with van der Waals surface area (Å²) in [5.41, 5.74) is 8.53. The molecule has 0 saturated carbocycles. The summed E-state index contributed by atoms with van der Waals surface area (Å²) in [5.74, 6) is 0.302. The highest BCUT2D eigenvalue weighted by atomic mass is 16.3. The van der Waals surface area contributed by atoms with E-state index in [1.54, 1.807) is 12.1 Å². The van der Waals surface area contributed by atoms with Gasteiger partial charge in [-0.3, -0.25) is 0 Å². The highest BCUT2D eigenvalue weighted by molar-refractivity contribution is 5.51. The molecule has 3 heteroatoms. The van der Waals surface area contributed by atoms with Crippen molar-refractivity contribution < 1.29 is 5.11 Å². The SMILES string of the molecule is CCCCN(Cc1cc(N)ccc1O)c1ccccc1. The molecule has 0 bridgehead atoms. The van der Waals surface area contributed by atoms with Gasteiger partial charge < -0.3 is 15.7 Å². The van der Waals surface area contributed by atoms with E-state index in [0.717, 1.165) is 24.9 Å². The fourth-order valence-electron chi connectivity index (χ4n) is 2.22. The van der Waals surface area contributed by atoms with E-state index < -0.39 is 0 Å². The first kappa shape index (κ1) is 14.3. The van der Waals surface area contributed by atoms with Crippen LogP contribution in [0.1, 0.15) is 25.3 Å². The molecule has 20 heavy (non-hydrogen) atoms. The van der Waals surface area contributed by atoms with Gasteiger partial charge in [-0.25, -0.2) is 0 Å². The molecule has 0 aromatic heterocycles. The molecule has 106 valence electrons. The minimum atomic E-state index is 0.302. The number of phenols is 1. The van der Waals surface area contributed by atoms with E-state index in [-0.39, 0.29) is 0 Å². The predicted octanol–water partition coefficient (Wildman–Crippen LogP) is 3.78. The van der Waals surface area contributed by atoms with E-state index in [4.69, 9.17) is 5.73 Å². The molecule has 3 nitrogen and oxygen atoms in total. The van der Waals surface area contributed by atoms with Gasteiger partial charge in [0, 0.05) is 30.0 Å². The number of aromatic hydroxyl groups is 1. The van der Waals surface area contributed by atoms with Gasteiger partial charge in [-0.2, -0.15) is 0 Å². The van der Waals surface area contributed by atoms with Gasteiger partial charge in [0.15, 0.2) is 0 Å². The van der Waals surface area contributed by atoms with Crippen molar-refractivity contribution in [3.05, 3.63) is 54.1 Å². The van der Waals surface area contributed by atoms with Crippen LogP contribution in [0, 0.1) is 0 Å². The van der Waals surface area contributed by atoms with Gasteiger partial charge in [-0.05, 0) is 36.8 Å². The lowest BCUT2D eigenvalue weighted by Gasteiger charge is -2.25. The summed E-state index contributed by atoms with van der Waals surface area (Å²) in [4.78, 5) is 2.28. The lowest BCUT2D eigenvalue weighted by molar-refractivity contribution is 0.467. The maximum Gasteiger partial charge on any atom is 0.120 e. The standard InChI is InChI=1S/C17H22N2O/c1-2-3-11-19(16-7-5-4-6-8-16)13-14-12-15(18)9-10-17(14)20/h4-10,12,20H,2-3,11,13,18H2,1H3. The molecule has 0 atom stereocenters. The zero-order chi connectivity index (χ0) is 14.4. The van der Waals surface area contributed by atoms with E-state index >= 15 is 0 Å². The number of hydrogen-bond acceptors (Lipinski definition) is 3. The Morgan fingerprint density at radius 3 is 2.55 bits per heavy atom. The molecule has 0 spiro atoms. The summed E-state index contributed by atoms with van der Waals surface area (Å²) >= 11 is 0. The first-order chi connectivity index (χ1) is 9.70. The number of nitrogen functional groups attached to an aromatic ring is 1. The van der Waals surface area contributed by atoms with Crippen LogP contribution in [0.15, 0.2) is 48.5 Å². The average Bonchev–Trinajstić information content (AvgIpc) is 2.48. The molecule has 0 aliphatic heterocycles. The van der Waals surface area contributed by atoms with Crippen molar-refractivity contribution in [3.8, 4) is 5.75 Å². The number of hydrogen-bond donors (Lipinski definition) is 2. The molecule has 0 fully saturated rings. The molecule has 0 unspecified atom stereocenters. The van der Waals surface area contributed by atoms with Crippen LogP contribution in [0.5, 0.6) is 5.75 Å². The highest BCUT2D eigenvalue weighted by Crippen LogP contribution is 2.24. The Bertz CT molecular complexity index is 540. The third-order valence-electron chi connectivity index (χ3n) is 3.37. The normalized spacial score (nSPS) is 10.4. The molecule has 2 aromatic rings. The van der Waals surface area contributed by atoms with E-state index in [2.05, 4.69) is 24.0 Å². The summed E-state index contributed by atoms with van der Waals surface area (Å²) in [5, 5.41) is 9.97. The van der Waals surface area contributed by atoms with Gasteiger partial charge >= 0.3 is 0 Å². The monoisotopic (exact) mass is 270 g/mol. The number of rotatable bonds is 6. The Labute approximate surface area is 120 Å². The van der Waals surface area contributed by atoms with Crippen LogP contribution < -0.4 is 10.6 Å². The van der Waals surface area contributed by atoms with Crippen molar-refractivity contribution in [1.82, 2.24) is 0 Å². The summed E-state index contributed by atoms with van der Waals surface area (Å²) in [6, 6.07) is 15.5. The molecule has 2 rings (SSSR count). The van der Waals surface area contributed by atoms with Gasteiger partial charge in [-0.15, -0.1) is 0 Å². The van der Waals surface area contributed by atoms with Crippen molar-refractivity contribution in [2.75, 3.05) is 17.2 Å². The van der Waals surface area contributed by atoms with Crippen LogP contribution in [-0.2, 0) is 6.54 Å². The lowest BCUT2D eigenvalue weighted by atomic mass is 10.1. The first-order valence-corrected chi connectivity index (χ1v) is 7.08. The van der Waals surface area contributed by atoms with Gasteiger partial charge in [0.25, 0.3) is 0 Å². The quantitative estimate of drug-likeness (QED) is 0.620. The van der Waals surface area contributed by atoms with Crippen LogP contribution in [0.3, 0.4) is 0 Å². The van der Waals surface area contributed by atoms with Crippen molar-refractivity contribution in [3.63, 3.8) is 0 Å². The molecule has 0 radical (unpaired) electrons. The number of nitrogens with two attached hydrogens (primary N) is 1. The number of para-hydroxylation sites is 1. The van der Waals surface area contributed by atoms with Crippen molar-refractivity contribution in [2.24, 2.45) is 0 Å². The number of benzene rings is 2. The van der Waals surface area contributed by atoms with Crippen molar-refractivity contribution in [2.45, 2.75) is 26.3 Å². The van der Waals surface area contributed by atoms with E-state index in [1.807, 2.05) is 24.3 Å². The lowest BCUT2D eigenvalue weighted by Crippen LogP contribution is -2.23. The van der Waals surface area contributed by atoms with Crippen LogP contribution >= 0.6 is 0 Å². The fourth-order valence-corrected chi connectivity index (χ4v) is 2.22. The van der Waals surface area contributed by atoms with Crippen LogP contribution in [0.2, 0.25) is 0 Å². The van der Waals surface area contributed by atoms with Crippen molar-refractivity contribution >= 4 is 11.4 Å². The van der Waals surface area contributed by atoms with Gasteiger partial charge in [-0.1, -0.05) is 31.5 Å². The Kier molecular flexibility index (Phi) is 4.88. The molecule has 2 aromatic carbocycles. The summed E-state index contributed by atoms with van der Waals surface area (Å²) in [6.45, 7) is 3.82. The third-order valence-corrected chi connectivity index (χ3v) is 3.37. The Balaban J connectivity index is 2.21. The molecule has 0 heterocycles. The maximum atomic E-state index is 9.97. The topological polar surface area (TPSA) is 49.5 Å². The zero-order valence-electron chi connectivity index (χ0n) is 11.9. The summed E-state index contributed by atoms with van der Waals surface area (Å²) < 4.78 is 0. The molecule has 0 aliphatic carbocycles. The minimum Gasteiger partial charge on any atom is -0.508 e. The second kappa shape index (κ2) is 6.85. The fraction of sp³-hybridized carbons (Fsp3) is 0.294. The summed E-state index contributed by atoms with van der Waals surface area (Å²) in [7, 11) is 0. The molecule has 0 amide bonds. The highest BCUT2D eigenvalue weighted by Gasteiger charge is 2.10. The van der Waals surface area contributed by atoms with Gasteiger partial charge in [0.2, 0.25) is 0 Å². The molecule has 0 aliphatic rings. The van der Waals surface area contributed by atoms with Crippen LogP contribution in [0.25, 0.3) is 0 Å². The molecule has 0 saturated heterocycles. The van der Waals surface area contributed by atoms with E-state index in [9.17, 15) is 5.11 Å². The Morgan fingerprint density at radius 1 is 1.10 bits per heavy atom. The Hall–Kier alpha value is -2.16. The molecular formula is C17H22N2O. The number of nitrogens with zero attached hydrogens (tertiary/aromatic N) is 1. The average molecular weight is 270 g/mol. The molecular weight excluding hydrogens is 248 g/mol. The second-order valence-electron chi connectivity index (χ2n) is 5.00. The largest absolute Gasteiger partial charge is 0.508 e. The van der Waals surface area contributed by atoms with E-state index in [0.29, 0.717) is 18.0 Å². The Morgan fingerprint density at radius 2 is 1.85 bits per heavy atom. The number of phenolic OH excluding ortho intramolecular Hbond substituents is 1. The minimum absolute atomic E-state index is 0.302. The van der Waals surface area contributed by atoms with Crippen LogP contribution in [0.4, 0.5) is 11.4 Å². The number of unbranched alkanes of at least 4 members (excludes halogenated alkanes) is 1. The summed E-state index contributed by atoms with van der Waals surface area (Å²) in [6.07, 6.45) is 2.27.